The average Bonchev–Trinajstić information content (AvgIpc) is 2.54. The third-order valence-electron chi connectivity index (χ3n) is 3.81. The van der Waals surface area contributed by atoms with Gasteiger partial charge in [-0.3, -0.25) is 9.69 Å². The quantitative estimate of drug-likeness (QED) is 0.768. The molecule has 1 atom stereocenters. The third kappa shape index (κ3) is 4.99. The van der Waals surface area contributed by atoms with Gasteiger partial charge in [-0.15, -0.1) is 0 Å². The Morgan fingerprint density at radius 3 is 2.71 bits per heavy atom. The number of carbonyl (C=O) groups excluding carboxylic acids is 1. The lowest BCUT2D eigenvalue weighted by Crippen LogP contribution is -2.50. The molecule has 0 saturated carbocycles. The van der Waals surface area contributed by atoms with Crippen molar-refractivity contribution < 1.29 is 4.79 Å². The Balaban J connectivity index is 1.70. The highest BCUT2D eigenvalue weighted by Gasteiger charge is 2.19. The molecule has 6 nitrogen and oxygen atoms in total. The van der Waals surface area contributed by atoms with Crippen LogP contribution in [0.25, 0.3) is 0 Å². The number of amides is 1. The Morgan fingerprint density at radius 2 is 2.10 bits per heavy atom. The predicted molar refractivity (Wildman–Crippen MR) is 84.4 cm³/mol. The number of piperazine rings is 1. The lowest BCUT2D eigenvalue weighted by molar-refractivity contribution is -0.122. The Labute approximate surface area is 126 Å². The first-order chi connectivity index (χ1) is 10.2. The maximum Gasteiger partial charge on any atom is 0.234 e. The summed E-state index contributed by atoms with van der Waals surface area (Å²) in [5.41, 5.74) is 0. The summed E-state index contributed by atoms with van der Waals surface area (Å²) >= 11 is 0. The van der Waals surface area contributed by atoms with Crippen molar-refractivity contribution in [1.82, 2.24) is 20.5 Å². The molecule has 1 aliphatic heterocycles. The van der Waals surface area contributed by atoms with E-state index in [1.807, 2.05) is 38.4 Å². The van der Waals surface area contributed by atoms with Gasteiger partial charge in [-0.25, -0.2) is 4.98 Å². The molecule has 1 amide bonds. The number of carbonyl (C=O) groups is 1. The van der Waals surface area contributed by atoms with Crippen LogP contribution in [0.1, 0.15) is 6.92 Å². The van der Waals surface area contributed by atoms with E-state index in [2.05, 4.69) is 25.4 Å². The SMILES string of the molecule is CNC(C)CNC(=O)CN1CCN(c2ccccn2)CC1. The number of hydrogen-bond acceptors (Lipinski definition) is 5. The fourth-order valence-electron chi connectivity index (χ4n) is 2.30. The lowest BCUT2D eigenvalue weighted by atomic mass is 10.3. The summed E-state index contributed by atoms with van der Waals surface area (Å²) in [5, 5.41) is 6.06. The fourth-order valence-corrected chi connectivity index (χ4v) is 2.30. The number of nitrogens with zero attached hydrogens (tertiary/aromatic N) is 3. The molecule has 116 valence electrons. The zero-order chi connectivity index (χ0) is 15.1. The van der Waals surface area contributed by atoms with E-state index >= 15 is 0 Å². The Morgan fingerprint density at radius 1 is 1.33 bits per heavy atom. The van der Waals surface area contributed by atoms with Gasteiger partial charge in [-0.1, -0.05) is 6.07 Å². The summed E-state index contributed by atoms with van der Waals surface area (Å²) in [6, 6.07) is 6.26. The van der Waals surface area contributed by atoms with Gasteiger partial charge >= 0.3 is 0 Å². The highest BCUT2D eigenvalue weighted by atomic mass is 16.2. The van der Waals surface area contributed by atoms with E-state index in [0.29, 0.717) is 19.1 Å². The van der Waals surface area contributed by atoms with E-state index in [-0.39, 0.29) is 5.91 Å². The van der Waals surface area contributed by atoms with Gasteiger partial charge in [-0.2, -0.15) is 0 Å². The minimum atomic E-state index is 0.100. The first kappa shape index (κ1) is 15.7. The monoisotopic (exact) mass is 291 g/mol. The molecule has 0 spiro atoms. The van der Waals surface area contributed by atoms with E-state index in [1.165, 1.54) is 0 Å². The van der Waals surface area contributed by atoms with Gasteiger partial charge in [0.05, 0.1) is 6.54 Å². The van der Waals surface area contributed by atoms with Crippen LogP contribution in [0.15, 0.2) is 24.4 Å². The number of rotatable bonds is 6. The van der Waals surface area contributed by atoms with Crippen molar-refractivity contribution in [2.45, 2.75) is 13.0 Å². The molecule has 2 heterocycles. The molecule has 0 aromatic carbocycles. The van der Waals surface area contributed by atoms with Crippen LogP contribution >= 0.6 is 0 Å². The van der Waals surface area contributed by atoms with E-state index in [1.54, 1.807) is 0 Å². The number of pyridine rings is 1. The smallest absolute Gasteiger partial charge is 0.234 e. The normalized spacial score (nSPS) is 17.5. The van der Waals surface area contributed by atoms with Crippen molar-refractivity contribution in [2.75, 3.05) is 51.2 Å². The van der Waals surface area contributed by atoms with Crippen LogP contribution in [0.3, 0.4) is 0 Å². The van der Waals surface area contributed by atoms with Crippen LogP contribution in [0.4, 0.5) is 5.82 Å². The molecule has 21 heavy (non-hydrogen) atoms. The van der Waals surface area contributed by atoms with Gasteiger partial charge in [0.25, 0.3) is 0 Å². The first-order valence-electron chi connectivity index (χ1n) is 7.51. The van der Waals surface area contributed by atoms with Gasteiger partial charge in [0.15, 0.2) is 0 Å². The van der Waals surface area contributed by atoms with Crippen LogP contribution in [-0.4, -0.2) is 68.1 Å². The minimum absolute atomic E-state index is 0.100. The molecular formula is C15H25N5O. The largest absolute Gasteiger partial charge is 0.354 e. The molecule has 1 aromatic rings. The first-order valence-corrected chi connectivity index (χ1v) is 7.51. The molecule has 2 N–H and O–H groups in total. The molecule has 2 rings (SSSR count). The number of likely N-dealkylation sites (N-methyl/N-ethyl adjacent to an activating group) is 1. The maximum atomic E-state index is 11.9. The van der Waals surface area contributed by atoms with Crippen LogP contribution in [0.2, 0.25) is 0 Å². The summed E-state index contributed by atoms with van der Waals surface area (Å²) in [5.74, 6) is 1.12. The number of nitrogens with one attached hydrogen (secondary N) is 2. The predicted octanol–water partition coefficient (Wildman–Crippen LogP) is -0.0723. The van der Waals surface area contributed by atoms with E-state index < -0.39 is 0 Å². The molecule has 1 aliphatic rings. The standard InChI is InChI=1S/C15H25N5O/c1-13(16-2)11-18-15(21)12-19-7-9-20(10-8-19)14-5-3-4-6-17-14/h3-6,13,16H,7-12H2,1-2H3,(H,18,21). The van der Waals surface area contributed by atoms with Crippen molar-refractivity contribution >= 4 is 11.7 Å². The lowest BCUT2D eigenvalue weighted by Gasteiger charge is -2.35. The molecule has 1 aromatic heterocycles. The zero-order valence-corrected chi connectivity index (χ0v) is 12.9. The van der Waals surface area contributed by atoms with E-state index in [9.17, 15) is 4.79 Å². The van der Waals surface area contributed by atoms with Crippen molar-refractivity contribution in [3.8, 4) is 0 Å². The van der Waals surface area contributed by atoms with Crippen molar-refractivity contribution in [3.05, 3.63) is 24.4 Å². The van der Waals surface area contributed by atoms with Crippen molar-refractivity contribution in [1.29, 1.82) is 0 Å². The topological polar surface area (TPSA) is 60.5 Å². The summed E-state index contributed by atoms with van der Waals surface area (Å²) < 4.78 is 0. The summed E-state index contributed by atoms with van der Waals surface area (Å²) in [6.45, 7) is 6.81. The molecule has 0 radical (unpaired) electrons. The summed E-state index contributed by atoms with van der Waals surface area (Å²) in [6.07, 6.45) is 1.82. The Bertz CT molecular complexity index is 431. The molecule has 1 saturated heterocycles. The number of anilines is 1. The van der Waals surface area contributed by atoms with Crippen LogP contribution in [0.5, 0.6) is 0 Å². The Hall–Kier alpha value is -1.66. The summed E-state index contributed by atoms with van der Waals surface area (Å²) in [7, 11) is 1.90. The molecule has 6 heteroatoms. The molecule has 0 bridgehead atoms. The van der Waals surface area contributed by atoms with Gasteiger partial charge in [0.2, 0.25) is 5.91 Å². The second-order valence-electron chi connectivity index (χ2n) is 5.44. The number of hydrogen-bond donors (Lipinski definition) is 2. The van der Waals surface area contributed by atoms with Crippen LogP contribution < -0.4 is 15.5 Å². The van der Waals surface area contributed by atoms with Crippen molar-refractivity contribution in [3.63, 3.8) is 0 Å². The second-order valence-corrected chi connectivity index (χ2v) is 5.44. The van der Waals surface area contributed by atoms with E-state index in [4.69, 9.17) is 0 Å². The molecular weight excluding hydrogens is 266 g/mol. The Kier molecular flexibility index (Phi) is 5.95. The number of aromatic nitrogens is 1. The highest BCUT2D eigenvalue weighted by Crippen LogP contribution is 2.12. The van der Waals surface area contributed by atoms with Crippen LogP contribution in [0, 0.1) is 0 Å². The summed E-state index contributed by atoms with van der Waals surface area (Å²) in [4.78, 5) is 20.7. The van der Waals surface area contributed by atoms with Gasteiger partial charge in [0, 0.05) is 45.0 Å². The van der Waals surface area contributed by atoms with Crippen molar-refractivity contribution in [2.24, 2.45) is 0 Å². The highest BCUT2D eigenvalue weighted by molar-refractivity contribution is 5.78. The third-order valence-corrected chi connectivity index (χ3v) is 3.81. The maximum absolute atomic E-state index is 11.9. The zero-order valence-electron chi connectivity index (χ0n) is 12.9. The van der Waals surface area contributed by atoms with Crippen LogP contribution in [-0.2, 0) is 4.79 Å². The van der Waals surface area contributed by atoms with Gasteiger partial charge < -0.3 is 15.5 Å². The molecule has 1 unspecified atom stereocenters. The fraction of sp³-hybridized carbons (Fsp3) is 0.600. The van der Waals surface area contributed by atoms with E-state index in [0.717, 1.165) is 32.0 Å². The second kappa shape index (κ2) is 7.95. The van der Waals surface area contributed by atoms with Gasteiger partial charge in [0.1, 0.15) is 5.82 Å². The van der Waals surface area contributed by atoms with Gasteiger partial charge in [-0.05, 0) is 26.1 Å². The molecule has 0 aliphatic carbocycles. The molecule has 1 fully saturated rings. The minimum Gasteiger partial charge on any atom is -0.354 e. The average molecular weight is 291 g/mol.